The molecule has 30 heavy (non-hydrogen) atoms. The smallest absolute Gasteiger partial charge is 0.0103 e. The van der Waals surface area contributed by atoms with Crippen LogP contribution in [-0.4, -0.2) is 0 Å². The van der Waals surface area contributed by atoms with Crippen LogP contribution in [0, 0.1) is 5.41 Å². The molecule has 0 radical (unpaired) electrons. The van der Waals surface area contributed by atoms with Crippen LogP contribution in [0.4, 0.5) is 0 Å². The van der Waals surface area contributed by atoms with Crippen molar-refractivity contribution < 1.29 is 0 Å². The molecule has 0 heteroatoms. The summed E-state index contributed by atoms with van der Waals surface area (Å²) in [5.41, 5.74) is 5.20. The molecule has 0 saturated carbocycles. The van der Waals surface area contributed by atoms with Gasteiger partial charge in [-0.3, -0.25) is 0 Å². The molecule has 0 nitrogen and oxygen atoms in total. The second-order valence-electron chi connectivity index (χ2n) is 9.52. The Morgan fingerprint density at radius 1 is 0.600 bits per heavy atom. The van der Waals surface area contributed by atoms with Gasteiger partial charge in [-0.05, 0) is 39.5 Å². The molecular formula is C30H32. The molecule has 0 aliphatic heterocycles. The first-order valence-corrected chi connectivity index (χ1v) is 10.9. The average Bonchev–Trinajstić information content (AvgIpc) is 2.80. The number of hydrogen-bond donors (Lipinski definition) is 0. The fourth-order valence-electron chi connectivity index (χ4n) is 5.42. The van der Waals surface area contributed by atoms with Gasteiger partial charge in [0.1, 0.15) is 0 Å². The van der Waals surface area contributed by atoms with E-state index in [0.717, 1.165) is 6.42 Å². The van der Waals surface area contributed by atoms with Crippen LogP contribution in [0.25, 0.3) is 5.57 Å². The molecule has 0 N–H and O–H groups in total. The highest BCUT2D eigenvalue weighted by Crippen LogP contribution is 2.59. The van der Waals surface area contributed by atoms with Crippen LogP contribution in [0.5, 0.6) is 0 Å². The van der Waals surface area contributed by atoms with E-state index in [4.69, 9.17) is 0 Å². The van der Waals surface area contributed by atoms with E-state index in [1.807, 2.05) is 0 Å². The fraction of sp³-hybridized carbons (Fsp3) is 0.267. The summed E-state index contributed by atoms with van der Waals surface area (Å²) in [5.74, 6) is 0. The maximum absolute atomic E-state index is 2.51. The van der Waals surface area contributed by atoms with E-state index in [1.165, 1.54) is 22.3 Å². The summed E-state index contributed by atoms with van der Waals surface area (Å²) in [7, 11) is 0. The van der Waals surface area contributed by atoms with Gasteiger partial charge in [-0.2, -0.15) is 0 Å². The predicted molar refractivity (Wildman–Crippen MR) is 130 cm³/mol. The Balaban J connectivity index is 1.86. The van der Waals surface area contributed by atoms with Gasteiger partial charge in [-0.1, -0.05) is 137 Å². The van der Waals surface area contributed by atoms with Crippen molar-refractivity contribution >= 4 is 5.57 Å². The number of hydrogen-bond acceptors (Lipinski definition) is 0. The molecule has 152 valence electrons. The van der Waals surface area contributed by atoms with Crippen LogP contribution in [0.1, 0.15) is 50.8 Å². The van der Waals surface area contributed by atoms with E-state index in [0.29, 0.717) is 0 Å². The van der Waals surface area contributed by atoms with Gasteiger partial charge in [-0.25, -0.2) is 0 Å². The Morgan fingerprint density at radius 3 is 1.43 bits per heavy atom. The van der Waals surface area contributed by atoms with Crippen LogP contribution >= 0.6 is 0 Å². The lowest BCUT2D eigenvalue weighted by Crippen LogP contribution is -2.52. The normalized spacial score (nSPS) is 16.2. The molecular weight excluding hydrogens is 360 g/mol. The zero-order valence-corrected chi connectivity index (χ0v) is 18.6. The highest BCUT2D eigenvalue weighted by atomic mass is 14.6. The topological polar surface area (TPSA) is 0 Å². The van der Waals surface area contributed by atoms with Crippen molar-refractivity contribution in [2.75, 3.05) is 0 Å². The van der Waals surface area contributed by atoms with Crippen LogP contribution < -0.4 is 0 Å². The quantitative estimate of drug-likeness (QED) is 0.413. The third kappa shape index (κ3) is 3.25. The molecule has 1 aliphatic rings. The third-order valence-electron chi connectivity index (χ3n) is 7.52. The van der Waals surface area contributed by atoms with Gasteiger partial charge < -0.3 is 0 Å². The summed E-state index contributed by atoms with van der Waals surface area (Å²) >= 11 is 0. The molecule has 3 aromatic rings. The Hall–Kier alpha value is -2.86. The maximum Gasteiger partial charge on any atom is 0.0103 e. The fourth-order valence-corrected chi connectivity index (χ4v) is 5.42. The minimum atomic E-state index is -0.0685. The standard InChI is InChI=1S/C30H32/c1-28(2,26-16-10-6-11-17-26)30(29(3,4)27-18-12-7-13-19-27)22-20-25(21-23-30)24-14-8-5-9-15-24/h5-22H,23H2,1-4H3. The summed E-state index contributed by atoms with van der Waals surface area (Å²) in [6.07, 6.45) is 8.31. The van der Waals surface area contributed by atoms with Gasteiger partial charge in [-0.15, -0.1) is 0 Å². The van der Waals surface area contributed by atoms with Crippen molar-refractivity contribution in [1.82, 2.24) is 0 Å². The van der Waals surface area contributed by atoms with Crippen molar-refractivity contribution in [3.05, 3.63) is 126 Å². The monoisotopic (exact) mass is 392 g/mol. The summed E-state index contributed by atoms with van der Waals surface area (Å²) in [6, 6.07) is 32.7. The molecule has 0 saturated heterocycles. The van der Waals surface area contributed by atoms with E-state index in [1.54, 1.807) is 0 Å². The molecule has 4 rings (SSSR count). The molecule has 0 bridgehead atoms. The van der Waals surface area contributed by atoms with Crippen molar-refractivity contribution in [2.24, 2.45) is 5.41 Å². The summed E-state index contributed by atoms with van der Waals surface area (Å²) in [5, 5.41) is 0. The first-order chi connectivity index (χ1) is 14.4. The average molecular weight is 393 g/mol. The minimum Gasteiger partial charge on any atom is -0.0757 e. The zero-order chi connectivity index (χ0) is 21.2. The SMILES string of the molecule is CC(C)(c1ccccc1)C1(C(C)(C)c2ccccc2)C=CC(c2ccccc2)=CC1. The van der Waals surface area contributed by atoms with E-state index in [9.17, 15) is 0 Å². The van der Waals surface area contributed by atoms with Crippen molar-refractivity contribution in [3.8, 4) is 0 Å². The first-order valence-electron chi connectivity index (χ1n) is 10.9. The number of allylic oxidation sites excluding steroid dienone is 4. The largest absolute Gasteiger partial charge is 0.0757 e. The molecule has 3 aromatic carbocycles. The van der Waals surface area contributed by atoms with E-state index < -0.39 is 0 Å². The Labute approximate surface area is 182 Å². The van der Waals surface area contributed by atoms with Crippen LogP contribution in [0.3, 0.4) is 0 Å². The molecule has 1 aliphatic carbocycles. The van der Waals surface area contributed by atoms with Crippen LogP contribution in [0.2, 0.25) is 0 Å². The lowest BCUT2D eigenvalue weighted by molar-refractivity contribution is 0.106. The van der Waals surface area contributed by atoms with Crippen LogP contribution in [0.15, 0.2) is 109 Å². The zero-order valence-electron chi connectivity index (χ0n) is 18.6. The van der Waals surface area contributed by atoms with Gasteiger partial charge in [0.2, 0.25) is 0 Å². The predicted octanol–water partition coefficient (Wildman–Crippen LogP) is 7.97. The van der Waals surface area contributed by atoms with Crippen molar-refractivity contribution in [2.45, 2.75) is 44.9 Å². The third-order valence-corrected chi connectivity index (χ3v) is 7.52. The summed E-state index contributed by atoms with van der Waals surface area (Å²) < 4.78 is 0. The van der Waals surface area contributed by atoms with Gasteiger partial charge in [0, 0.05) is 5.41 Å². The maximum atomic E-state index is 2.51. The molecule has 0 amide bonds. The lowest BCUT2D eigenvalue weighted by Gasteiger charge is -2.56. The van der Waals surface area contributed by atoms with Gasteiger partial charge in [0.05, 0.1) is 0 Å². The highest BCUT2D eigenvalue weighted by molar-refractivity contribution is 5.75. The van der Waals surface area contributed by atoms with Crippen molar-refractivity contribution in [3.63, 3.8) is 0 Å². The Kier molecular flexibility index (Phi) is 5.28. The second kappa shape index (κ2) is 7.76. The Morgan fingerprint density at radius 2 is 1.03 bits per heavy atom. The second-order valence-corrected chi connectivity index (χ2v) is 9.52. The number of rotatable bonds is 5. The highest BCUT2D eigenvalue weighted by Gasteiger charge is 2.54. The molecule has 0 fully saturated rings. The van der Waals surface area contributed by atoms with E-state index >= 15 is 0 Å². The van der Waals surface area contributed by atoms with E-state index in [2.05, 4.69) is 137 Å². The summed E-state index contributed by atoms with van der Waals surface area (Å²) in [6.45, 7) is 9.66. The van der Waals surface area contributed by atoms with Gasteiger partial charge >= 0.3 is 0 Å². The molecule has 0 spiro atoms. The lowest BCUT2D eigenvalue weighted by atomic mass is 9.47. The molecule has 0 aromatic heterocycles. The molecule has 0 unspecified atom stereocenters. The van der Waals surface area contributed by atoms with E-state index in [-0.39, 0.29) is 16.2 Å². The van der Waals surface area contributed by atoms with Crippen molar-refractivity contribution in [1.29, 1.82) is 0 Å². The molecule has 0 atom stereocenters. The summed E-state index contributed by atoms with van der Waals surface area (Å²) in [4.78, 5) is 0. The van der Waals surface area contributed by atoms with Gasteiger partial charge in [0.15, 0.2) is 0 Å². The number of benzene rings is 3. The Bertz CT molecular complexity index is 983. The van der Waals surface area contributed by atoms with Crippen LogP contribution in [-0.2, 0) is 10.8 Å². The molecule has 0 heterocycles. The minimum absolute atomic E-state index is 0.0528. The van der Waals surface area contributed by atoms with Gasteiger partial charge in [0.25, 0.3) is 0 Å². The first kappa shape index (κ1) is 20.4.